The molecule has 0 aromatic heterocycles. The summed E-state index contributed by atoms with van der Waals surface area (Å²) in [5, 5.41) is 4.36. The molecule has 0 atom stereocenters. The van der Waals surface area contributed by atoms with Gasteiger partial charge in [0.2, 0.25) is 0 Å². The number of benzene rings is 1. The van der Waals surface area contributed by atoms with E-state index in [-0.39, 0.29) is 19.6 Å². The van der Waals surface area contributed by atoms with Gasteiger partial charge < -0.3 is 14.8 Å². The molecule has 118 valence electrons. The fourth-order valence-corrected chi connectivity index (χ4v) is 1.36. The minimum absolute atomic E-state index is 0.00480. The van der Waals surface area contributed by atoms with Crippen molar-refractivity contribution in [2.45, 2.75) is 6.42 Å². The van der Waals surface area contributed by atoms with Crippen LogP contribution in [0.25, 0.3) is 0 Å². The van der Waals surface area contributed by atoms with Gasteiger partial charge in [-0.3, -0.25) is 14.9 Å². The molecule has 0 radical (unpaired) electrons. The van der Waals surface area contributed by atoms with E-state index in [0.717, 1.165) is 0 Å². The summed E-state index contributed by atoms with van der Waals surface area (Å²) in [6.07, 6.45) is 1.47. The average Bonchev–Trinajstić information content (AvgIpc) is 2.52. The van der Waals surface area contributed by atoms with Crippen molar-refractivity contribution >= 4 is 17.9 Å². The minimum atomic E-state index is -0.709. The average molecular weight is 306 g/mol. The Morgan fingerprint density at radius 1 is 1.18 bits per heavy atom. The molecule has 0 heterocycles. The van der Waals surface area contributed by atoms with Crippen molar-refractivity contribution in [3.63, 3.8) is 0 Å². The second kappa shape index (κ2) is 9.98. The first-order chi connectivity index (χ1) is 10.6. The maximum atomic E-state index is 11.4. The number of ether oxygens (including phenoxy) is 2. The predicted molar refractivity (Wildman–Crippen MR) is 79.3 cm³/mol. The fourth-order valence-electron chi connectivity index (χ4n) is 1.36. The maximum Gasteiger partial charge on any atom is 0.321 e. The second-order valence-electron chi connectivity index (χ2n) is 4.12. The summed E-state index contributed by atoms with van der Waals surface area (Å²) in [6.45, 7) is 3.27. The normalized spacial score (nSPS) is 9.45. The highest BCUT2D eigenvalue weighted by atomic mass is 16.5. The topological polar surface area (TPSA) is 93.7 Å². The minimum Gasteiger partial charge on any atom is -0.493 e. The van der Waals surface area contributed by atoms with Gasteiger partial charge in [0.1, 0.15) is 5.75 Å². The predicted octanol–water partition coefficient (Wildman–Crippen LogP) is 1.01. The van der Waals surface area contributed by atoms with Crippen LogP contribution in [0.2, 0.25) is 0 Å². The molecule has 0 aliphatic heterocycles. The molecule has 1 rings (SSSR count). The van der Waals surface area contributed by atoms with Gasteiger partial charge in [0.05, 0.1) is 13.0 Å². The summed E-state index contributed by atoms with van der Waals surface area (Å²) in [7, 11) is 0. The van der Waals surface area contributed by atoms with E-state index in [1.54, 1.807) is 12.1 Å². The van der Waals surface area contributed by atoms with Crippen LogP contribution in [0.4, 0.5) is 4.79 Å². The van der Waals surface area contributed by atoms with Gasteiger partial charge in [0.15, 0.2) is 6.61 Å². The summed E-state index contributed by atoms with van der Waals surface area (Å²) in [5.74, 6) is -0.650. The molecule has 2 N–H and O–H groups in total. The Hall–Kier alpha value is -2.83. The molecular weight excluding hydrogens is 288 g/mol. The Labute approximate surface area is 128 Å². The van der Waals surface area contributed by atoms with Gasteiger partial charge in [0.25, 0.3) is 5.91 Å². The van der Waals surface area contributed by atoms with Crippen molar-refractivity contribution < 1.29 is 23.9 Å². The highest BCUT2D eigenvalue weighted by Crippen LogP contribution is 2.08. The summed E-state index contributed by atoms with van der Waals surface area (Å²) in [4.78, 5) is 33.8. The molecule has 3 amide bonds. The van der Waals surface area contributed by atoms with E-state index in [9.17, 15) is 14.4 Å². The third kappa shape index (κ3) is 7.68. The van der Waals surface area contributed by atoms with Crippen LogP contribution in [0.15, 0.2) is 43.0 Å². The van der Waals surface area contributed by atoms with Crippen molar-refractivity contribution in [2.24, 2.45) is 0 Å². The van der Waals surface area contributed by atoms with E-state index < -0.39 is 24.5 Å². The number of imide groups is 1. The van der Waals surface area contributed by atoms with Gasteiger partial charge in [-0.2, -0.15) is 0 Å². The Balaban J connectivity index is 2.13. The molecule has 0 aliphatic rings. The largest absolute Gasteiger partial charge is 0.493 e. The zero-order chi connectivity index (χ0) is 16.2. The Morgan fingerprint density at radius 2 is 1.91 bits per heavy atom. The number of nitrogens with one attached hydrogen (secondary N) is 2. The van der Waals surface area contributed by atoms with E-state index >= 15 is 0 Å². The second-order valence-corrected chi connectivity index (χ2v) is 4.12. The lowest BCUT2D eigenvalue weighted by Crippen LogP contribution is -2.41. The highest BCUT2D eigenvalue weighted by molar-refractivity contribution is 5.95. The fraction of sp³-hybridized carbons (Fsp3) is 0.267. The van der Waals surface area contributed by atoms with Gasteiger partial charge >= 0.3 is 12.0 Å². The van der Waals surface area contributed by atoms with Crippen LogP contribution in [-0.2, 0) is 14.3 Å². The molecule has 7 nitrogen and oxygen atoms in total. The third-order valence-electron chi connectivity index (χ3n) is 2.34. The molecule has 0 spiro atoms. The SMILES string of the molecule is C=CCNC(=O)NC(=O)COC(=O)CCOc1ccccc1. The highest BCUT2D eigenvalue weighted by Gasteiger charge is 2.10. The maximum absolute atomic E-state index is 11.4. The number of esters is 1. The number of hydrogen-bond acceptors (Lipinski definition) is 5. The van der Waals surface area contributed by atoms with Crippen molar-refractivity contribution in [2.75, 3.05) is 19.8 Å². The lowest BCUT2D eigenvalue weighted by atomic mass is 10.3. The molecule has 1 aromatic rings. The first-order valence-corrected chi connectivity index (χ1v) is 6.64. The van der Waals surface area contributed by atoms with E-state index in [1.807, 2.05) is 23.5 Å². The monoisotopic (exact) mass is 306 g/mol. The van der Waals surface area contributed by atoms with E-state index in [4.69, 9.17) is 9.47 Å². The molecule has 0 aliphatic carbocycles. The molecule has 1 aromatic carbocycles. The summed E-state index contributed by atoms with van der Waals surface area (Å²) >= 11 is 0. The molecule has 0 unspecified atom stereocenters. The molecule has 0 fully saturated rings. The van der Waals surface area contributed by atoms with Crippen LogP contribution >= 0.6 is 0 Å². The van der Waals surface area contributed by atoms with E-state index in [2.05, 4.69) is 11.9 Å². The van der Waals surface area contributed by atoms with Crippen LogP contribution in [-0.4, -0.2) is 37.7 Å². The molecule has 0 saturated heterocycles. The first kappa shape index (κ1) is 17.2. The molecule has 0 saturated carbocycles. The van der Waals surface area contributed by atoms with Gasteiger partial charge in [-0.25, -0.2) is 4.79 Å². The Morgan fingerprint density at radius 3 is 2.59 bits per heavy atom. The van der Waals surface area contributed by atoms with Gasteiger partial charge in [-0.1, -0.05) is 24.3 Å². The number of rotatable bonds is 8. The van der Waals surface area contributed by atoms with Crippen molar-refractivity contribution in [3.8, 4) is 5.75 Å². The number of amides is 3. The van der Waals surface area contributed by atoms with Gasteiger partial charge in [0, 0.05) is 6.54 Å². The molecule has 7 heteroatoms. The summed E-state index contributed by atoms with van der Waals surface area (Å²) in [6, 6.07) is 8.34. The molecule has 22 heavy (non-hydrogen) atoms. The number of carbonyl (C=O) groups excluding carboxylic acids is 3. The van der Waals surface area contributed by atoms with E-state index in [0.29, 0.717) is 5.75 Å². The zero-order valence-electron chi connectivity index (χ0n) is 12.0. The lowest BCUT2D eigenvalue weighted by molar-refractivity contribution is -0.148. The van der Waals surface area contributed by atoms with Crippen LogP contribution < -0.4 is 15.4 Å². The smallest absolute Gasteiger partial charge is 0.321 e. The van der Waals surface area contributed by atoms with Crippen LogP contribution in [0.1, 0.15) is 6.42 Å². The van der Waals surface area contributed by atoms with Gasteiger partial charge in [-0.15, -0.1) is 6.58 Å². The summed E-state index contributed by atoms with van der Waals surface area (Å²) < 4.78 is 10.0. The molecule has 0 bridgehead atoms. The van der Waals surface area contributed by atoms with Crippen molar-refractivity contribution in [1.82, 2.24) is 10.6 Å². The van der Waals surface area contributed by atoms with Crippen LogP contribution in [0.5, 0.6) is 5.75 Å². The molecular formula is C15H18N2O5. The van der Waals surface area contributed by atoms with E-state index in [1.165, 1.54) is 6.08 Å². The number of urea groups is 1. The van der Waals surface area contributed by atoms with Crippen LogP contribution in [0.3, 0.4) is 0 Å². The van der Waals surface area contributed by atoms with Crippen molar-refractivity contribution in [1.29, 1.82) is 0 Å². The van der Waals surface area contributed by atoms with Crippen molar-refractivity contribution in [3.05, 3.63) is 43.0 Å². The Kier molecular flexibility index (Phi) is 7.81. The number of carbonyl (C=O) groups is 3. The van der Waals surface area contributed by atoms with Gasteiger partial charge in [-0.05, 0) is 12.1 Å². The zero-order valence-corrected chi connectivity index (χ0v) is 12.0. The quantitative estimate of drug-likeness (QED) is 0.552. The number of para-hydroxylation sites is 1. The standard InChI is InChI=1S/C15H18N2O5/c1-2-9-16-15(20)17-13(18)11-22-14(19)8-10-21-12-6-4-3-5-7-12/h2-7H,1,8-11H2,(H2,16,17,18,20). The number of hydrogen-bond donors (Lipinski definition) is 2. The summed E-state index contributed by atoms with van der Waals surface area (Å²) in [5.41, 5.74) is 0. The third-order valence-corrected chi connectivity index (χ3v) is 2.34. The van der Waals surface area contributed by atoms with Crippen LogP contribution in [0, 0.1) is 0 Å². The first-order valence-electron chi connectivity index (χ1n) is 6.64. The lowest BCUT2D eigenvalue weighted by Gasteiger charge is -2.07. The Bertz CT molecular complexity index is 516.